The summed E-state index contributed by atoms with van der Waals surface area (Å²) in [6.45, 7) is 0.152. The molecule has 0 aromatic heterocycles. The highest BCUT2D eigenvalue weighted by Crippen LogP contribution is 2.18. The number of rotatable bonds is 5. The molecule has 78 valence electrons. The van der Waals surface area contributed by atoms with Gasteiger partial charge in [-0.15, -0.1) is 0 Å². The fourth-order valence-electron chi connectivity index (χ4n) is 1.07. The van der Waals surface area contributed by atoms with Crippen molar-refractivity contribution in [2.45, 2.75) is 6.10 Å². The first-order valence-electron chi connectivity index (χ1n) is 4.46. The van der Waals surface area contributed by atoms with E-state index in [1.54, 1.807) is 12.1 Å². The zero-order valence-electron chi connectivity index (χ0n) is 7.89. The van der Waals surface area contributed by atoms with Gasteiger partial charge in [0, 0.05) is 17.2 Å². The van der Waals surface area contributed by atoms with Crippen LogP contribution in [0.5, 0.6) is 0 Å². The van der Waals surface area contributed by atoms with E-state index in [1.165, 1.54) is 11.8 Å². The lowest BCUT2D eigenvalue weighted by molar-refractivity contribution is 0.204. The van der Waals surface area contributed by atoms with E-state index in [4.69, 9.17) is 10.8 Å². The first kappa shape index (κ1) is 11.4. The van der Waals surface area contributed by atoms with Gasteiger partial charge in [0.25, 0.3) is 0 Å². The number of nitrogens with two attached hydrogens (primary N) is 1. The molecule has 0 bridgehead atoms. The molecule has 0 heterocycles. The number of hydrogen-bond acceptors (Lipinski definition) is 4. The minimum atomic E-state index is -0.479. The lowest BCUT2D eigenvalue weighted by atomic mass is 10.1. The topological polar surface area (TPSA) is 66.5 Å². The van der Waals surface area contributed by atoms with Gasteiger partial charge in [0.1, 0.15) is 0 Å². The van der Waals surface area contributed by atoms with Gasteiger partial charge in [-0.3, -0.25) is 0 Å². The first-order chi connectivity index (χ1) is 6.74. The maximum Gasteiger partial charge on any atom is 0.0880 e. The second-order valence-electron chi connectivity index (χ2n) is 2.98. The van der Waals surface area contributed by atoms with Gasteiger partial charge in [0.05, 0.1) is 12.7 Å². The minimum absolute atomic E-state index is 0.152. The van der Waals surface area contributed by atoms with E-state index in [2.05, 4.69) is 0 Å². The lowest BCUT2D eigenvalue weighted by Crippen LogP contribution is -2.02. The molecule has 0 aliphatic carbocycles. The molecule has 0 amide bonds. The summed E-state index contributed by atoms with van der Waals surface area (Å²) in [6, 6.07) is 7.18. The van der Waals surface area contributed by atoms with Crippen molar-refractivity contribution in [3.05, 3.63) is 29.8 Å². The fourth-order valence-corrected chi connectivity index (χ4v) is 1.79. The number of hydrogen-bond donors (Lipinski definition) is 3. The maximum atomic E-state index is 9.69. The third kappa shape index (κ3) is 3.57. The van der Waals surface area contributed by atoms with Crippen LogP contribution < -0.4 is 5.73 Å². The molecule has 0 saturated carbocycles. The monoisotopic (exact) mass is 213 g/mol. The normalized spacial score (nSPS) is 12.7. The van der Waals surface area contributed by atoms with Crippen LogP contribution in [-0.4, -0.2) is 28.3 Å². The fraction of sp³-hybridized carbons (Fsp3) is 0.400. The molecule has 1 aromatic carbocycles. The number of anilines is 1. The summed E-state index contributed by atoms with van der Waals surface area (Å²) in [5.41, 5.74) is 7.09. The zero-order valence-corrected chi connectivity index (χ0v) is 8.70. The Balaban J connectivity index is 2.43. The van der Waals surface area contributed by atoms with Crippen LogP contribution in [0.15, 0.2) is 24.3 Å². The minimum Gasteiger partial charge on any atom is -0.399 e. The molecule has 0 aliphatic heterocycles. The van der Waals surface area contributed by atoms with Gasteiger partial charge in [-0.25, -0.2) is 0 Å². The molecule has 0 spiro atoms. The van der Waals surface area contributed by atoms with Crippen molar-refractivity contribution < 1.29 is 10.2 Å². The van der Waals surface area contributed by atoms with E-state index in [0.29, 0.717) is 17.2 Å². The Labute approximate surface area is 87.9 Å². The summed E-state index contributed by atoms with van der Waals surface area (Å²) in [5.74, 6) is 1.26. The molecule has 0 aliphatic rings. The highest BCUT2D eigenvalue weighted by Gasteiger charge is 2.06. The molecule has 1 rings (SSSR count). The van der Waals surface area contributed by atoms with Crippen molar-refractivity contribution in [2.75, 3.05) is 23.8 Å². The van der Waals surface area contributed by atoms with Crippen molar-refractivity contribution in [2.24, 2.45) is 0 Å². The summed E-state index contributed by atoms with van der Waals surface area (Å²) in [6.07, 6.45) is -0.479. The van der Waals surface area contributed by atoms with E-state index in [9.17, 15) is 5.11 Å². The van der Waals surface area contributed by atoms with Crippen LogP contribution in [0.4, 0.5) is 5.69 Å². The number of aliphatic hydroxyl groups is 2. The number of nitrogen functional groups attached to an aromatic ring is 1. The van der Waals surface area contributed by atoms with Crippen LogP contribution in [0, 0.1) is 0 Å². The van der Waals surface area contributed by atoms with Gasteiger partial charge in [-0.2, -0.15) is 11.8 Å². The predicted molar refractivity (Wildman–Crippen MR) is 60.2 cm³/mol. The second-order valence-corrected chi connectivity index (χ2v) is 4.13. The Bertz CT molecular complexity index is 263. The van der Waals surface area contributed by atoms with E-state index in [1.807, 2.05) is 12.1 Å². The zero-order chi connectivity index (χ0) is 10.4. The summed E-state index contributed by atoms with van der Waals surface area (Å²) in [7, 11) is 0. The molecule has 0 saturated heterocycles. The van der Waals surface area contributed by atoms with E-state index in [-0.39, 0.29) is 6.61 Å². The lowest BCUT2D eigenvalue weighted by Gasteiger charge is -2.10. The van der Waals surface area contributed by atoms with Crippen LogP contribution in [0.25, 0.3) is 0 Å². The molecule has 1 aromatic rings. The van der Waals surface area contributed by atoms with E-state index >= 15 is 0 Å². The summed E-state index contributed by atoms with van der Waals surface area (Å²) < 4.78 is 0. The van der Waals surface area contributed by atoms with Crippen LogP contribution in [0.3, 0.4) is 0 Å². The van der Waals surface area contributed by atoms with Gasteiger partial charge in [0.15, 0.2) is 0 Å². The highest BCUT2D eigenvalue weighted by molar-refractivity contribution is 7.99. The molecular formula is C10H15NO2S. The van der Waals surface area contributed by atoms with Gasteiger partial charge in [0.2, 0.25) is 0 Å². The quantitative estimate of drug-likeness (QED) is 0.505. The first-order valence-corrected chi connectivity index (χ1v) is 5.61. The smallest absolute Gasteiger partial charge is 0.0880 e. The van der Waals surface area contributed by atoms with Crippen molar-refractivity contribution in [3.8, 4) is 0 Å². The molecule has 0 fully saturated rings. The third-order valence-corrected chi connectivity index (χ3v) is 2.86. The van der Waals surface area contributed by atoms with E-state index in [0.717, 1.165) is 5.56 Å². The molecule has 1 atom stereocenters. The maximum absolute atomic E-state index is 9.69. The average molecular weight is 213 g/mol. The van der Waals surface area contributed by atoms with Crippen molar-refractivity contribution >= 4 is 17.4 Å². The molecule has 0 radical (unpaired) electrons. The number of aliphatic hydroxyl groups excluding tert-OH is 2. The third-order valence-electron chi connectivity index (χ3n) is 1.83. The molecule has 14 heavy (non-hydrogen) atoms. The molecular weight excluding hydrogens is 198 g/mol. The number of thioether (sulfide) groups is 1. The van der Waals surface area contributed by atoms with Gasteiger partial charge >= 0.3 is 0 Å². The van der Waals surface area contributed by atoms with E-state index < -0.39 is 6.10 Å². The SMILES string of the molecule is Nc1ccc(C(O)CSCCO)cc1. The Morgan fingerprint density at radius 1 is 1.29 bits per heavy atom. The van der Waals surface area contributed by atoms with Gasteiger partial charge < -0.3 is 15.9 Å². The van der Waals surface area contributed by atoms with Gasteiger partial charge in [-0.05, 0) is 17.7 Å². The largest absolute Gasteiger partial charge is 0.399 e. The highest BCUT2D eigenvalue weighted by atomic mass is 32.2. The Morgan fingerprint density at radius 2 is 1.93 bits per heavy atom. The second kappa shape index (κ2) is 5.90. The molecule has 4 N–H and O–H groups in total. The predicted octanol–water partition coefficient (Wildman–Crippen LogP) is 1.03. The van der Waals surface area contributed by atoms with Crippen molar-refractivity contribution in [1.82, 2.24) is 0 Å². The van der Waals surface area contributed by atoms with Gasteiger partial charge in [-0.1, -0.05) is 12.1 Å². The summed E-state index contributed by atoms with van der Waals surface area (Å²) >= 11 is 1.53. The standard InChI is InChI=1S/C10H15NO2S/c11-9-3-1-8(2-4-9)10(13)7-14-6-5-12/h1-4,10,12-13H,5-7,11H2. The summed E-state index contributed by atoms with van der Waals surface area (Å²) in [5, 5.41) is 18.3. The van der Waals surface area contributed by atoms with Crippen LogP contribution in [0.2, 0.25) is 0 Å². The van der Waals surface area contributed by atoms with Crippen LogP contribution >= 0.6 is 11.8 Å². The Morgan fingerprint density at radius 3 is 2.50 bits per heavy atom. The molecule has 3 nitrogen and oxygen atoms in total. The summed E-state index contributed by atoms with van der Waals surface area (Å²) in [4.78, 5) is 0. The van der Waals surface area contributed by atoms with Crippen LogP contribution in [-0.2, 0) is 0 Å². The Kier molecular flexibility index (Phi) is 4.79. The van der Waals surface area contributed by atoms with Crippen molar-refractivity contribution in [1.29, 1.82) is 0 Å². The number of benzene rings is 1. The average Bonchev–Trinajstić information content (AvgIpc) is 2.19. The van der Waals surface area contributed by atoms with Crippen molar-refractivity contribution in [3.63, 3.8) is 0 Å². The van der Waals surface area contributed by atoms with Crippen LogP contribution in [0.1, 0.15) is 11.7 Å². The Hall–Kier alpha value is -0.710. The molecule has 4 heteroatoms. The molecule has 1 unspecified atom stereocenters.